The summed E-state index contributed by atoms with van der Waals surface area (Å²) in [6.45, 7) is 5.29. The fourth-order valence-electron chi connectivity index (χ4n) is 2.38. The molecule has 0 aliphatic heterocycles. The molecule has 0 saturated heterocycles. The number of aromatic amines is 1. The van der Waals surface area contributed by atoms with E-state index in [4.69, 9.17) is 9.47 Å². The van der Waals surface area contributed by atoms with E-state index in [-0.39, 0.29) is 12.4 Å². The molecule has 0 saturated carbocycles. The minimum absolute atomic E-state index is 0.122. The van der Waals surface area contributed by atoms with E-state index in [1.165, 1.54) is 7.11 Å². The van der Waals surface area contributed by atoms with E-state index in [0.29, 0.717) is 28.3 Å². The van der Waals surface area contributed by atoms with Gasteiger partial charge in [0.2, 0.25) is 5.78 Å². The highest BCUT2D eigenvalue weighted by Crippen LogP contribution is 2.26. The molecule has 0 fully saturated rings. The zero-order valence-corrected chi connectivity index (χ0v) is 15.0. The van der Waals surface area contributed by atoms with Crippen molar-refractivity contribution in [3.63, 3.8) is 0 Å². The van der Waals surface area contributed by atoms with Gasteiger partial charge in [0.15, 0.2) is 6.61 Å². The number of halogens is 1. The van der Waals surface area contributed by atoms with Gasteiger partial charge in [-0.05, 0) is 60.0 Å². The van der Waals surface area contributed by atoms with Crippen molar-refractivity contribution in [1.82, 2.24) is 4.98 Å². The Morgan fingerprint density at radius 1 is 1.22 bits per heavy atom. The number of H-pyrrole nitrogens is 1. The highest BCUT2D eigenvalue weighted by molar-refractivity contribution is 9.10. The lowest BCUT2D eigenvalue weighted by Gasteiger charge is -2.08. The lowest BCUT2D eigenvalue weighted by molar-refractivity contribution is 0.0599. The number of aryl methyl sites for hydroxylation is 2. The average molecular weight is 380 g/mol. The summed E-state index contributed by atoms with van der Waals surface area (Å²) in [5.41, 5.74) is 3.03. The molecule has 0 aliphatic rings. The lowest BCUT2D eigenvalue weighted by Crippen LogP contribution is -2.14. The van der Waals surface area contributed by atoms with Gasteiger partial charge in [-0.25, -0.2) is 4.79 Å². The molecule has 0 aliphatic carbocycles. The summed E-state index contributed by atoms with van der Waals surface area (Å²) in [7, 11) is 1.31. The maximum atomic E-state index is 12.4. The minimum Gasteiger partial charge on any atom is -0.484 e. The quantitative estimate of drug-likeness (QED) is 0.634. The summed E-state index contributed by atoms with van der Waals surface area (Å²) in [6, 6.07) is 5.63. The number of carbonyl (C=O) groups excluding carboxylic acids is 2. The first-order chi connectivity index (χ1) is 10.8. The topological polar surface area (TPSA) is 68.4 Å². The van der Waals surface area contributed by atoms with Crippen LogP contribution in [0.25, 0.3) is 0 Å². The first-order valence-electron chi connectivity index (χ1n) is 7.04. The second-order valence-corrected chi connectivity index (χ2v) is 6.12. The van der Waals surface area contributed by atoms with Crippen LogP contribution in [0.15, 0.2) is 22.7 Å². The van der Waals surface area contributed by atoms with Crippen LogP contribution < -0.4 is 4.74 Å². The van der Waals surface area contributed by atoms with E-state index in [9.17, 15) is 9.59 Å². The van der Waals surface area contributed by atoms with Crippen LogP contribution in [0.4, 0.5) is 0 Å². The fourth-order valence-corrected chi connectivity index (χ4v) is 2.98. The van der Waals surface area contributed by atoms with E-state index in [2.05, 4.69) is 20.9 Å². The van der Waals surface area contributed by atoms with Gasteiger partial charge in [-0.2, -0.15) is 0 Å². The van der Waals surface area contributed by atoms with Crippen molar-refractivity contribution in [2.45, 2.75) is 20.8 Å². The van der Waals surface area contributed by atoms with E-state index in [1.807, 2.05) is 19.1 Å². The van der Waals surface area contributed by atoms with E-state index >= 15 is 0 Å². The Kier molecular flexibility index (Phi) is 5.26. The number of hydrogen-bond donors (Lipinski definition) is 1. The minimum atomic E-state index is -0.461. The maximum Gasteiger partial charge on any atom is 0.339 e. The van der Waals surface area contributed by atoms with Crippen LogP contribution in [0.5, 0.6) is 5.75 Å². The summed E-state index contributed by atoms with van der Waals surface area (Å²) in [5.74, 6) is -0.0937. The van der Waals surface area contributed by atoms with Gasteiger partial charge in [0, 0.05) is 5.69 Å². The Hall–Kier alpha value is -2.08. The Morgan fingerprint density at radius 2 is 1.91 bits per heavy atom. The number of aromatic nitrogens is 1. The third-order valence-electron chi connectivity index (χ3n) is 3.55. The van der Waals surface area contributed by atoms with E-state index in [1.54, 1.807) is 19.9 Å². The summed E-state index contributed by atoms with van der Waals surface area (Å²) in [5, 5.41) is 0. The summed E-state index contributed by atoms with van der Waals surface area (Å²) in [4.78, 5) is 27.1. The van der Waals surface area contributed by atoms with Gasteiger partial charge in [-0.15, -0.1) is 0 Å². The van der Waals surface area contributed by atoms with E-state index < -0.39 is 5.97 Å². The smallest absolute Gasteiger partial charge is 0.339 e. The number of Topliss-reactive ketones (excluding diaryl/α,β-unsaturated/α-hetero) is 1. The maximum absolute atomic E-state index is 12.4. The molecule has 0 amide bonds. The van der Waals surface area contributed by atoms with Crippen molar-refractivity contribution < 1.29 is 19.1 Å². The Bertz CT molecular complexity index is 764. The van der Waals surface area contributed by atoms with Crippen LogP contribution >= 0.6 is 15.9 Å². The Labute approximate surface area is 143 Å². The molecule has 0 atom stereocenters. The zero-order chi connectivity index (χ0) is 17.1. The van der Waals surface area contributed by atoms with E-state index in [0.717, 1.165) is 10.0 Å². The normalized spacial score (nSPS) is 10.5. The molecule has 1 N–H and O–H groups in total. The van der Waals surface area contributed by atoms with Crippen LogP contribution in [-0.4, -0.2) is 30.5 Å². The summed E-state index contributed by atoms with van der Waals surface area (Å²) >= 11 is 3.41. The number of esters is 1. The van der Waals surface area contributed by atoms with Gasteiger partial charge in [-0.1, -0.05) is 6.07 Å². The molecule has 23 heavy (non-hydrogen) atoms. The van der Waals surface area contributed by atoms with Crippen LogP contribution in [0, 0.1) is 20.8 Å². The number of nitrogens with one attached hydrogen (secondary N) is 1. The van der Waals surface area contributed by atoms with Crippen LogP contribution in [0.1, 0.15) is 37.7 Å². The molecule has 1 heterocycles. The number of ether oxygens (including phenoxy) is 2. The number of rotatable bonds is 5. The third-order valence-corrected chi connectivity index (χ3v) is 4.17. The van der Waals surface area contributed by atoms with Gasteiger partial charge in [0.1, 0.15) is 5.75 Å². The molecule has 122 valence electrons. The molecule has 1 aromatic carbocycles. The van der Waals surface area contributed by atoms with Gasteiger partial charge in [0.25, 0.3) is 0 Å². The summed E-state index contributed by atoms with van der Waals surface area (Å²) in [6.07, 6.45) is 0. The van der Waals surface area contributed by atoms with Crippen LogP contribution in [0.3, 0.4) is 0 Å². The van der Waals surface area contributed by atoms with Crippen molar-refractivity contribution in [2.24, 2.45) is 0 Å². The van der Waals surface area contributed by atoms with Crippen molar-refractivity contribution in [3.8, 4) is 5.75 Å². The predicted molar refractivity (Wildman–Crippen MR) is 90.3 cm³/mol. The SMILES string of the molecule is COC(=O)c1c(C)[nH]c(C(=O)COc2ccc(C)cc2Br)c1C. The Morgan fingerprint density at radius 3 is 2.52 bits per heavy atom. The van der Waals surface area contributed by atoms with Crippen LogP contribution in [0.2, 0.25) is 0 Å². The second-order valence-electron chi connectivity index (χ2n) is 5.26. The first-order valence-corrected chi connectivity index (χ1v) is 7.84. The Balaban J connectivity index is 2.17. The molecular weight excluding hydrogens is 362 g/mol. The van der Waals surface area contributed by atoms with Crippen molar-refractivity contribution >= 4 is 27.7 Å². The number of ketones is 1. The van der Waals surface area contributed by atoms with Gasteiger partial charge in [0.05, 0.1) is 22.8 Å². The predicted octanol–water partition coefficient (Wildman–Crippen LogP) is 3.75. The second kappa shape index (κ2) is 7.00. The molecule has 1 aromatic heterocycles. The third kappa shape index (κ3) is 3.64. The standard InChI is InChI=1S/C17H18BrNO4/c1-9-5-6-14(12(18)7-9)23-8-13(20)16-10(2)15(11(3)19-16)17(21)22-4/h5-7,19H,8H2,1-4H3. The monoisotopic (exact) mass is 379 g/mol. The molecule has 2 aromatic rings. The molecule has 0 unspecified atom stereocenters. The van der Waals surface area contributed by atoms with Crippen molar-refractivity contribution in [1.29, 1.82) is 0 Å². The highest BCUT2D eigenvalue weighted by atomic mass is 79.9. The largest absolute Gasteiger partial charge is 0.484 e. The van der Waals surface area contributed by atoms with Gasteiger partial charge in [-0.3, -0.25) is 4.79 Å². The summed E-state index contributed by atoms with van der Waals surface area (Å²) < 4.78 is 11.1. The fraction of sp³-hybridized carbons (Fsp3) is 0.294. The number of benzene rings is 1. The molecule has 2 rings (SSSR count). The van der Waals surface area contributed by atoms with Gasteiger partial charge < -0.3 is 14.5 Å². The zero-order valence-electron chi connectivity index (χ0n) is 13.5. The average Bonchev–Trinajstić information content (AvgIpc) is 2.80. The van der Waals surface area contributed by atoms with Crippen molar-refractivity contribution in [2.75, 3.05) is 13.7 Å². The molecule has 0 spiro atoms. The number of hydrogen-bond acceptors (Lipinski definition) is 4. The first kappa shape index (κ1) is 17.3. The molecule has 0 radical (unpaired) electrons. The number of carbonyl (C=O) groups is 2. The van der Waals surface area contributed by atoms with Crippen molar-refractivity contribution in [3.05, 3.63) is 50.8 Å². The van der Waals surface area contributed by atoms with Crippen LogP contribution in [-0.2, 0) is 4.74 Å². The molecule has 5 nitrogen and oxygen atoms in total. The molecular formula is C17H18BrNO4. The molecule has 0 bridgehead atoms. The lowest BCUT2D eigenvalue weighted by atomic mass is 10.1. The number of methoxy groups -OCH3 is 1. The highest BCUT2D eigenvalue weighted by Gasteiger charge is 2.22. The molecule has 6 heteroatoms. The van der Waals surface area contributed by atoms with Gasteiger partial charge >= 0.3 is 5.97 Å².